The topological polar surface area (TPSA) is 65.7 Å². The first kappa shape index (κ1) is 12.6. The monoisotopic (exact) mass is 312 g/mol. The second-order valence-electron chi connectivity index (χ2n) is 3.32. The molecule has 0 unspecified atom stereocenters. The number of ether oxygens (including phenoxy) is 2. The zero-order valence-electron chi connectivity index (χ0n) is 9.44. The molecule has 0 N–H and O–H groups in total. The summed E-state index contributed by atoms with van der Waals surface area (Å²) >= 11 is 3.05. The number of hydrogen-bond donors (Lipinski definition) is 0. The Hall–Kier alpha value is -1.82. The van der Waals surface area contributed by atoms with Crippen LogP contribution >= 0.6 is 15.9 Å². The molecule has 0 saturated heterocycles. The van der Waals surface area contributed by atoms with Gasteiger partial charge in [-0.15, -0.1) is 0 Å². The van der Waals surface area contributed by atoms with Gasteiger partial charge in [0.15, 0.2) is 0 Å². The Kier molecular flexibility index (Phi) is 3.66. The van der Waals surface area contributed by atoms with Crippen LogP contribution in [0, 0.1) is 0 Å². The van der Waals surface area contributed by atoms with E-state index in [-0.39, 0.29) is 17.0 Å². The lowest BCUT2D eigenvalue weighted by Gasteiger charge is -2.05. The quantitative estimate of drug-likeness (QED) is 0.797. The predicted octanol–water partition coefficient (Wildman–Crippen LogP) is 3.09. The molecule has 0 aliphatic rings. The molecule has 0 amide bonds. The lowest BCUT2D eigenvalue weighted by Crippen LogP contribution is -2.16. The van der Waals surface area contributed by atoms with E-state index in [1.165, 1.54) is 0 Å². The number of carbonyl (C=O) groups excluding carboxylic acids is 1. The molecule has 18 heavy (non-hydrogen) atoms. The van der Waals surface area contributed by atoms with E-state index >= 15 is 0 Å². The van der Waals surface area contributed by atoms with Gasteiger partial charge in [0.1, 0.15) is 5.58 Å². The number of halogens is 1. The van der Waals surface area contributed by atoms with Crippen molar-refractivity contribution in [1.29, 1.82) is 0 Å². The lowest BCUT2D eigenvalue weighted by molar-refractivity contribution is 0.103. The van der Waals surface area contributed by atoms with Crippen molar-refractivity contribution >= 4 is 33.1 Å². The highest BCUT2D eigenvalue weighted by Gasteiger charge is 2.17. The van der Waals surface area contributed by atoms with Gasteiger partial charge in [0.25, 0.3) is 0 Å². The van der Waals surface area contributed by atoms with Gasteiger partial charge in [-0.05, 0) is 35.0 Å². The number of rotatable bonds is 2. The predicted molar refractivity (Wildman–Crippen MR) is 67.8 cm³/mol. The highest BCUT2D eigenvalue weighted by molar-refractivity contribution is 9.10. The SMILES string of the molecule is CCOC(=O)Oc1c(Br)oc2ccccc2c1=O. The number of hydrogen-bond acceptors (Lipinski definition) is 5. The molecular formula is C12H9BrO5. The van der Waals surface area contributed by atoms with Crippen LogP contribution in [-0.2, 0) is 4.74 Å². The molecule has 0 aliphatic carbocycles. The van der Waals surface area contributed by atoms with Crippen LogP contribution in [0.1, 0.15) is 6.92 Å². The fourth-order valence-electron chi connectivity index (χ4n) is 1.41. The summed E-state index contributed by atoms with van der Waals surface area (Å²) in [6, 6.07) is 6.67. The average molecular weight is 313 g/mol. The summed E-state index contributed by atoms with van der Waals surface area (Å²) in [6.07, 6.45) is -0.944. The Bertz CT molecular complexity index is 646. The van der Waals surface area contributed by atoms with Gasteiger partial charge in [-0.1, -0.05) is 12.1 Å². The molecule has 1 heterocycles. The molecule has 6 heteroatoms. The van der Waals surface area contributed by atoms with Gasteiger partial charge >= 0.3 is 6.16 Å². The average Bonchev–Trinajstić information content (AvgIpc) is 2.35. The lowest BCUT2D eigenvalue weighted by atomic mass is 10.2. The van der Waals surface area contributed by atoms with Crippen molar-refractivity contribution in [3.63, 3.8) is 0 Å². The van der Waals surface area contributed by atoms with E-state index in [1.54, 1.807) is 31.2 Å². The summed E-state index contributed by atoms with van der Waals surface area (Å²) < 4.78 is 14.8. The maximum Gasteiger partial charge on any atom is 0.514 e. The Morgan fingerprint density at radius 3 is 2.83 bits per heavy atom. The molecule has 0 fully saturated rings. The minimum Gasteiger partial charge on any atom is -0.445 e. The Morgan fingerprint density at radius 1 is 1.39 bits per heavy atom. The molecule has 0 radical (unpaired) electrons. The maximum atomic E-state index is 12.1. The third kappa shape index (κ3) is 2.38. The van der Waals surface area contributed by atoms with Crippen LogP contribution in [0.4, 0.5) is 4.79 Å². The Balaban J connectivity index is 2.51. The first-order chi connectivity index (χ1) is 8.63. The van der Waals surface area contributed by atoms with Crippen LogP contribution in [0.3, 0.4) is 0 Å². The summed E-state index contributed by atoms with van der Waals surface area (Å²) in [6.45, 7) is 1.80. The maximum absolute atomic E-state index is 12.1. The zero-order valence-corrected chi connectivity index (χ0v) is 11.0. The van der Waals surface area contributed by atoms with Crippen LogP contribution < -0.4 is 10.2 Å². The van der Waals surface area contributed by atoms with E-state index in [9.17, 15) is 9.59 Å². The van der Waals surface area contributed by atoms with Crippen molar-refractivity contribution < 1.29 is 18.7 Å². The third-order valence-electron chi connectivity index (χ3n) is 2.16. The van der Waals surface area contributed by atoms with Crippen molar-refractivity contribution in [2.24, 2.45) is 0 Å². The largest absolute Gasteiger partial charge is 0.514 e. The van der Waals surface area contributed by atoms with Gasteiger partial charge in [0, 0.05) is 0 Å². The third-order valence-corrected chi connectivity index (χ3v) is 2.69. The van der Waals surface area contributed by atoms with Crippen LogP contribution in [0.15, 0.2) is 38.1 Å². The minimum absolute atomic E-state index is 0.0549. The molecule has 5 nitrogen and oxygen atoms in total. The van der Waals surface area contributed by atoms with Crippen LogP contribution in [-0.4, -0.2) is 12.8 Å². The Labute approximate surface area is 110 Å². The number of fused-ring (bicyclic) bond motifs is 1. The van der Waals surface area contributed by atoms with Crippen molar-refractivity contribution in [3.05, 3.63) is 39.2 Å². The molecule has 2 rings (SSSR count). The van der Waals surface area contributed by atoms with Crippen molar-refractivity contribution in [1.82, 2.24) is 0 Å². The van der Waals surface area contributed by atoms with Gasteiger partial charge in [0.05, 0.1) is 12.0 Å². The summed E-state index contributed by atoms with van der Waals surface area (Å²) in [5.74, 6) is -0.216. The van der Waals surface area contributed by atoms with E-state index in [1.807, 2.05) is 0 Å². The van der Waals surface area contributed by atoms with Crippen molar-refractivity contribution in [3.8, 4) is 5.75 Å². The standard InChI is InChI=1S/C12H9BrO5/c1-2-16-12(15)18-10-9(14)7-5-3-4-6-8(7)17-11(10)13/h3-6H,2H2,1H3. The van der Waals surface area contributed by atoms with Gasteiger partial charge in [-0.2, -0.15) is 0 Å². The smallest absolute Gasteiger partial charge is 0.445 e. The Morgan fingerprint density at radius 2 is 2.11 bits per heavy atom. The van der Waals surface area contributed by atoms with Crippen LogP contribution in [0.25, 0.3) is 11.0 Å². The molecule has 2 aromatic rings. The zero-order chi connectivity index (χ0) is 13.1. The summed E-state index contributed by atoms with van der Waals surface area (Å²) in [5, 5.41) is 0.333. The van der Waals surface area contributed by atoms with Crippen molar-refractivity contribution in [2.45, 2.75) is 6.92 Å². The molecule has 0 spiro atoms. The molecule has 1 aromatic carbocycles. The van der Waals surface area contributed by atoms with E-state index in [4.69, 9.17) is 9.15 Å². The number of benzene rings is 1. The second-order valence-corrected chi connectivity index (χ2v) is 4.04. The molecule has 1 aromatic heterocycles. The number of carbonyl (C=O) groups is 1. The van der Waals surface area contributed by atoms with Gasteiger partial charge in [-0.25, -0.2) is 4.79 Å². The first-order valence-electron chi connectivity index (χ1n) is 5.19. The van der Waals surface area contributed by atoms with E-state index in [0.717, 1.165) is 0 Å². The van der Waals surface area contributed by atoms with E-state index < -0.39 is 11.6 Å². The van der Waals surface area contributed by atoms with E-state index in [2.05, 4.69) is 20.7 Å². The summed E-state index contributed by atoms with van der Waals surface area (Å²) in [5.41, 5.74) is -0.0256. The summed E-state index contributed by atoms with van der Waals surface area (Å²) in [4.78, 5) is 23.3. The summed E-state index contributed by atoms with van der Waals surface area (Å²) in [7, 11) is 0. The van der Waals surface area contributed by atoms with Crippen LogP contribution in [0.5, 0.6) is 5.75 Å². The molecule has 94 valence electrons. The molecule has 0 saturated carbocycles. The number of para-hydroxylation sites is 1. The molecule has 0 aliphatic heterocycles. The van der Waals surface area contributed by atoms with Crippen molar-refractivity contribution in [2.75, 3.05) is 6.61 Å². The second kappa shape index (κ2) is 5.22. The molecular weight excluding hydrogens is 304 g/mol. The highest BCUT2D eigenvalue weighted by Crippen LogP contribution is 2.25. The minimum atomic E-state index is -0.944. The fraction of sp³-hybridized carbons (Fsp3) is 0.167. The molecule has 0 atom stereocenters. The van der Waals surface area contributed by atoms with Gasteiger partial charge in [-0.3, -0.25) is 4.79 Å². The normalized spacial score (nSPS) is 10.3. The van der Waals surface area contributed by atoms with E-state index in [0.29, 0.717) is 11.0 Å². The fourth-order valence-corrected chi connectivity index (χ4v) is 1.85. The van der Waals surface area contributed by atoms with Gasteiger partial charge < -0.3 is 13.9 Å². The highest BCUT2D eigenvalue weighted by atomic mass is 79.9. The first-order valence-corrected chi connectivity index (χ1v) is 5.98. The van der Waals surface area contributed by atoms with Gasteiger partial charge in [0.2, 0.25) is 15.8 Å². The molecule has 0 bridgehead atoms. The van der Waals surface area contributed by atoms with Crippen LogP contribution in [0.2, 0.25) is 0 Å².